The van der Waals surface area contributed by atoms with E-state index in [9.17, 15) is 10.2 Å². The Bertz CT molecular complexity index is 1520. The Morgan fingerprint density at radius 1 is 0.484 bits per heavy atom. The molecule has 5 heteroatoms. The summed E-state index contributed by atoms with van der Waals surface area (Å²) in [5, 5.41) is 26.3. The number of hydrogen-bond acceptors (Lipinski definition) is 4. The first-order chi connectivity index (χ1) is 15.2. The Morgan fingerprint density at radius 2 is 0.903 bits per heavy atom. The minimum atomic E-state index is 0.235. The van der Waals surface area contributed by atoms with E-state index in [1.54, 1.807) is 12.1 Å². The number of nitrogens with zero attached hydrogens (tertiary/aromatic N) is 2. The molecule has 31 heavy (non-hydrogen) atoms. The minimum absolute atomic E-state index is 0.235. The second kappa shape index (κ2) is 6.76. The number of hydrogen-bond donors (Lipinski definition) is 2. The number of phenols is 2. The molecule has 0 bridgehead atoms. The van der Waals surface area contributed by atoms with Crippen molar-refractivity contribution in [1.29, 1.82) is 0 Å². The first-order valence-electron chi connectivity index (χ1n) is 10.2. The molecule has 0 aliphatic carbocycles. The van der Waals surface area contributed by atoms with E-state index in [0.717, 1.165) is 54.2 Å². The predicted molar refractivity (Wildman–Crippen MR) is 127 cm³/mol. The molecule has 6 rings (SSSR count). The maximum atomic E-state index is 10.4. The van der Waals surface area contributed by atoms with Crippen molar-refractivity contribution in [3.63, 3.8) is 0 Å². The van der Waals surface area contributed by atoms with Crippen molar-refractivity contribution in [2.45, 2.75) is 0 Å². The molecular weight excluding hydrogens is 381 g/mol. The van der Waals surface area contributed by atoms with Crippen LogP contribution in [0.5, 0.6) is 11.5 Å². The summed E-state index contributed by atoms with van der Waals surface area (Å²) in [7, 11) is 0.555. The summed E-state index contributed by atoms with van der Waals surface area (Å²) in [6.07, 6.45) is 0. The molecule has 0 atom stereocenters. The fourth-order valence-electron chi connectivity index (χ4n) is 4.34. The molecule has 144 valence electrons. The zero-order chi connectivity index (χ0) is 20.9. The van der Waals surface area contributed by atoms with Crippen molar-refractivity contribution >= 4 is 62.9 Å². The maximum absolute atomic E-state index is 10.4. The number of rotatable bonds is 2. The molecule has 6 aromatic rings. The van der Waals surface area contributed by atoms with Crippen LogP contribution in [0.15, 0.2) is 84.9 Å². The van der Waals surface area contributed by atoms with Crippen LogP contribution in [0.1, 0.15) is 0 Å². The van der Waals surface area contributed by atoms with Gasteiger partial charge >= 0.3 is 180 Å². The SMILES string of the molecule is Oc1cccc2ccc3cc[c]([Be][c]4ccc5ccc6cccc(O)c6c5n4)nc3c12. The molecule has 0 aliphatic heterocycles. The van der Waals surface area contributed by atoms with E-state index in [0.29, 0.717) is 8.78 Å². The van der Waals surface area contributed by atoms with Gasteiger partial charge < -0.3 is 0 Å². The molecule has 0 unspecified atom stereocenters. The van der Waals surface area contributed by atoms with E-state index in [1.165, 1.54) is 0 Å². The summed E-state index contributed by atoms with van der Waals surface area (Å²) >= 11 is 0. The molecule has 0 spiro atoms. The molecule has 0 aliphatic rings. The van der Waals surface area contributed by atoms with E-state index in [1.807, 2.05) is 72.8 Å². The van der Waals surface area contributed by atoms with Gasteiger partial charge in [0.15, 0.2) is 0 Å². The third-order valence-corrected chi connectivity index (χ3v) is 5.84. The Hall–Kier alpha value is -4.01. The van der Waals surface area contributed by atoms with Crippen LogP contribution in [0.25, 0.3) is 43.4 Å². The summed E-state index contributed by atoms with van der Waals surface area (Å²) in [5.74, 6) is 0.469. The van der Waals surface area contributed by atoms with Gasteiger partial charge in [-0.05, 0) is 0 Å². The standard InChI is InChI=1S/2C13H8NO.Be/c2*15-11-5-1-3-9-6-7-10-4-2-8-14-13(10)12(9)11;/h2*1-7,15H;. The molecule has 4 aromatic carbocycles. The molecule has 0 fully saturated rings. The van der Waals surface area contributed by atoms with Gasteiger partial charge in [-0.3, -0.25) is 0 Å². The van der Waals surface area contributed by atoms with Gasteiger partial charge in [-0.15, -0.1) is 0 Å². The van der Waals surface area contributed by atoms with E-state index in [-0.39, 0.29) is 11.5 Å². The van der Waals surface area contributed by atoms with Gasteiger partial charge in [0.1, 0.15) is 0 Å². The number of phenolic OH excluding ortho intramolecular Hbond substituents is 2. The molecule has 0 amide bonds. The first-order valence-corrected chi connectivity index (χ1v) is 10.2. The zero-order valence-electron chi connectivity index (χ0n) is 16.6. The molecular formula is C26H16BeN2O2. The van der Waals surface area contributed by atoms with Crippen LogP contribution in [-0.2, 0) is 0 Å². The van der Waals surface area contributed by atoms with Crippen LogP contribution >= 0.6 is 0 Å². The van der Waals surface area contributed by atoms with Crippen molar-refractivity contribution in [1.82, 2.24) is 9.97 Å². The molecule has 2 aromatic heterocycles. The predicted octanol–water partition coefficient (Wildman–Crippen LogP) is 4.16. The van der Waals surface area contributed by atoms with Gasteiger partial charge in [-0.2, -0.15) is 0 Å². The number of aromatic hydroxyl groups is 2. The molecule has 0 radical (unpaired) electrons. The summed E-state index contributed by atoms with van der Waals surface area (Å²) in [4.78, 5) is 9.74. The van der Waals surface area contributed by atoms with Crippen molar-refractivity contribution < 1.29 is 10.2 Å². The van der Waals surface area contributed by atoms with E-state index >= 15 is 0 Å². The van der Waals surface area contributed by atoms with Crippen LogP contribution in [0.4, 0.5) is 0 Å². The van der Waals surface area contributed by atoms with E-state index in [4.69, 9.17) is 9.97 Å². The van der Waals surface area contributed by atoms with E-state index < -0.39 is 0 Å². The van der Waals surface area contributed by atoms with Gasteiger partial charge in [0.25, 0.3) is 0 Å². The average Bonchev–Trinajstić information content (AvgIpc) is 2.79. The Kier molecular flexibility index (Phi) is 3.89. The summed E-state index contributed by atoms with van der Waals surface area (Å²) in [6.45, 7) is 0. The van der Waals surface area contributed by atoms with Crippen molar-refractivity contribution in [2.24, 2.45) is 0 Å². The van der Waals surface area contributed by atoms with Crippen LogP contribution < -0.4 is 10.8 Å². The first kappa shape index (κ1) is 17.8. The monoisotopic (exact) mass is 397 g/mol. The Balaban J connectivity index is 1.50. The average molecular weight is 397 g/mol. The number of pyridine rings is 2. The van der Waals surface area contributed by atoms with Gasteiger partial charge in [0.2, 0.25) is 0 Å². The van der Waals surface area contributed by atoms with Crippen LogP contribution in [-0.4, -0.2) is 29.0 Å². The third-order valence-electron chi connectivity index (χ3n) is 5.84. The van der Waals surface area contributed by atoms with Crippen molar-refractivity contribution in [3.8, 4) is 11.5 Å². The molecule has 2 N–H and O–H groups in total. The zero-order valence-corrected chi connectivity index (χ0v) is 16.6. The summed E-state index contributed by atoms with van der Waals surface area (Å²) in [6, 6.07) is 27.1. The number of fused-ring (bicyclic) bond motifs is 6. The summed E-state index contributed by atoms with van der Waals surface area (Å²) < 4.78 is 0. The van der Waals surface area contributed by atoms with Gasteiger partial charge in [-0.25, -0.2) is 0 Å². The summed E-state index contributed by atoms with van der Waals surface area (Å²) in [5.41, 5.74) is 3.33. The fourth-order valence-corrected chi connectivity index (χ4v) is 4.34. The normalized spacial score (nSPS) is 11.4. The van der Waals surface area contributed by atoms with Gasteiger partial charge in [0, 0.05) is 0 Å². The quantitative estimate of drug-likeness (QED) is 0.340. The second-order valence-electron chi connectivity index (χ2n) is 7.81. The van der Waals surface area contributed by atoms with Crippen molar-refractivity contribution in [2.75, 3.05) is 0 Å². The molecule has 4 nitrogen and oxygen atoms in total. The van der Waals surface area contributed by atoms with Gasteiger partial charge in [0.05, 0.1) is 0 Å². The third kappa shape index (κ3) is 2.89. The number of benzene rings is 4. The van der Waals surface area contributed by atoms with Crippen LogP contribution in [0, 0.1) is 0 Å². The van der Waals surface area contributed by atoms with Crippen LogP contribution in [0.2, 0.25) is 0 Å². The topological polar surface area (TPSA) is 66.2 Å². The Labute approximate surface area is 179 Å². The number of aromatic nitrogens is 2. The van der Waals surface area contributed by atoms with Crippen molar-refractivity contribution in [3.05, 3.63) is 84.9 Å². The van der Waals surface area contributed by atoms with E-state index in [2.05, 4.69) is 0 Å². The molecule has 0 saturated heterocycles. The Morgan fingerprint density at radius 3 is 1.39 bits per heavy atom. The van der Waals surface area contributed by atoms with Crippen LogP contribution in [0.3, 0.4) is 0 Å². The molecule has 0 saturated carbocycles. The fraction of sp³-hybridized carbons (Fsp3) is 0. The van der Waals surface area contributed by atoms with Gasteiger partial charge in [-0.1, -0.05) is 0 Å². The molecule has 2 heterocycles. The second-order valence-corrected chi connectivity index (χ2v) is 7.81.